The number of nitrogens with two attached hydrogens (primary N) is 1. The molecule has 0 atom stereocenters. The second-order valence-corrected chi connectivity index (χ2v) is 4.82. The Hall–Kier alpha value is -1.39. The monoisotopic (exact) mass is 248 g/mol. The summed E-state index contributed by atoms with van der Waals surface area (Å²) in [5, 5.41) is 1.01. The van der Waals surface area contributed by atoms with Crippen LogP contribution in [0.4, 0.5) is 0 Å². The summed E-state index contributed by atoms with van der Waals surface area (Å²) in [5.74, 6) is 0.909. The molecule has 90 valence electrons. The van der Waals surface area contributed by atoms with E-state index in [1.807, 2.05) is 30.5 Å². The summed E-state index contributed by atoms with van der Waals surface area (Å²) in [6.07, 6.45) is 2.86. The number of ether oxygens (including phenoxy) is 1. The average molecular weight is 248 g/mol. The molecule has 2 aromatic rings. The van der Waals surface area contributed by atoms with Gasteiger partial charge < -0.3 is 10.5 Å². The van der Waals surface area contributed by atoms with E-state index in [0.29, 0.717) is 6.54 Å². The Morgan fingerprint density at radius 1 is 1.29 bits per heavy atom. The molecule has 1 heterocycles. The highest BCUT2D eigenvalue weighted by molar-refractivity contribution is 7.15. The number of hydrogen-bond donors (Lipinski definition) is 1. The molecular weight excluding hydrogens is 232 g/mol. The summed E-state index contributed by atoms with van der Waals surface area (Å²) in [6.45, 7) is 3.40. The minimum atomic E-state index is 0.551. The molecule has 2 rings (SSSR count). The van der Waals surface area contributed by atoms with Gasteiger partial charge in [0.2, 0.25) is 0 Å². The fourth-order valence-corrected chi connectivity index (χ4v) is 2.25. The van der Waals surface area contributed by atoms with E-state index in [-0.39, 0.29) is 0 Å². The zero-order valence-electron chi connectivity index (χ0n) is 9.85. The molecule has 0 amide bonds. The predicted octanol–water partition coefficient (Wildman–Crippen LogP) is 3.06. The first-order valence-corrected chi connectivity index (χ1v) is 6.53. The van der Waals surface area contributed by atoms with E-state index in [1.165, 1.54) is 0 Å². The Morgan fingerprint density at radius 3 is 2.65 bits per heavy atom. The van der Waals surface area contributed by atoms with E-state index in [2.05, 4.69) is 11.9 Å². The maximum atomic E-state index is 5.57. The molecule has 0 unspecified atom stereocenters. The van der Waals surface area contributed by atoms with Gasteiger partial charge in [-0.15, -0.1) is 11.3 Å². The van der Waals surface area contributed by atoms with Crippen LogP contribution in [0, 0.1) is 0 Å². The summed E-state index contributed by atoms with van der Waals surface area (Å²) in [7, 11) is 0. The highest BCUT2D eigenvalue weighted by Gasteiger charge is 2.03. The van der Waals surface area contributed by atoms with Crippen LogP contribution < -0.4 is 10.5 Å². The first-order valence-electron chi connectivity index (χ1n) is 5.71. The smallest absolute Gasteiger partial charge is 0.123 e. The Morgan fingerprint density at radius 2 is 2.06 bits per heavy atom. The molecule has 0 fully saturated rings. The number of thiazole rings is 1. The topological polar surface area (TPSA) is 48.1 Å². The highest BCUT2D eigenvalue weighted by atomic mass is 32.1. The first kappa shape index (κ1) is 12.1. The fraction of sp³-hybridized carbons (Fsp3) is 0.308. The van der Waals surface area contributed by atoms with E-state index < -0.39 is 0 Å². The molecule has 3 nitrogen and oxygen atoms in total. The molecule has 0 aliphatic rings. The third-order valence-corrected chi connectivity index (χ3v) is 3.40. The van der Waals surface area contributed by atoms with Crippen molar-refractivity contribution in [2.75, 3.05) is 6.61 Å². The minimum absolute atomic E-state index is 0.551. The lowest BCUT2D eigenvalue weighted by molar-refractivity contribution is 0.317. The number of nitrogens with zero attached hydrogens (tertiary/aromatic N) is 1. The van der Waals surface area contributed by atoms with Crippen LogP contribution in [0.5, 0.6) is 5.75 Å². The van der Waals surface area contributed by atoms with Gasteiger partial charge >= 0.3 is 0 Å². The third-order valence-electron chi connectivity index (χ3n) is 2.33. The zero-order chi connectivity index (χ0) is 12.1. The van der Waals surface area contributed by atoms with Gasteiger partial charge in [0.25, 0.3) is 0 Å². The zero-order valence-corrected chi connectivity index (χ0v) is 10.7. The van der Waals surface area contributed by atoms with Gasteiger partial charge in [0, 0.05) is 23.2 Å². The molecule has 4 heteroatoms. The van der Waals surface area contributed by atoms with E-state index >= 15 is 0 Å². The van der Waals surface area contributed by atoms with Gasteiger partial charge in [0.15, 0.2) is 0 Å². The molecule has 0 saturated carbocycles. The Bertz CT molecular complexity index is 465. The lowest BCUT2D eigenvalue weighted by Crippen LogP contribution is -1.94. The largest absolute Gasteiger partial charge is 0.494 e. The molecule has 1 aromatic heterocycles. The van der Waals surface area contributed by atoms with Crippen LogP contribution in [-0.4, -0.2) is 11.6 Å². The van der Waals surface area contributed by atoms with E-state index in [0.717, 1.165) is 34.2 Å². The highest BCUT2D eigenvalue weighted by Crippen LogP contribution is 2.26. The van der Waals surface area contributed by atoms with Gasteiger partial charge in [-0.25, -0.2) is 4.98 Å². The maximum Gasteiger partial charge on any atom is 0.123 e. The van der Waals surface area contributed by atoms with Crippen LogP contribution in [0.3, 0.4) is 0 Å². The quantitative estimate of drug-likeness (QED) is 0.884. The van der Waals surface area contributed by atoms with Crippen molar-refractivity contribution in [2.24, 2.45) is 5.73 Å². The van der Waals surface area contributed by atoms with E-state index in [4.69, 9.17) is 10.5 Å². The van der Waals surface area contributed by atoms with Crippen LogP contribution in [0.1, 0.15) is 18.2 Å². The van der Waals surface area contributed by atoms with Crippen LogP contribution in [0.2, 0.25) is 0 Å². The molecule has 2 N–H and O–H groups in total. The van der Waals surface area contributed by atoms with E-state index in [1.54, 1.807) is 11.3 Å². The normalized spacial score (nSPS) is 10.5. The van der Waals surface area contributed by atoms with Crippen molar-refractivity contribution in [3.05, 3.63) is 35.3 Å². The average Bonchev–Trinajstić information content (AvgIpc) is 2.86. The van der Waals surface area contributed by atoms with Gasteiger partial charge in [-0.1, -0.05) is 6.92 Å². The van der Waals surface area contributed by atoms with Crippen LogP contribution in [0.15, 0.2) is 30.5 Å². The summed E-state index contributed by atoms with van der Waals surface area (Å²) in [5.41, 5.74) is 6.68. The van der Waals surface area contributed by atoms with Gasteiger partial charge in [-0.2, -0.15) is 0 Å². The first-order chi connectivity index (χ1) is 8.33. The molecule has 0 aliphatic carbocycles. The number of benzene rings is 1. The lowest BCUT2D eigenvalue weighted by Gasteiger charge is -2.04. The minimum Gasteiger partial charge on any atom is -0.494 e. The van der Waals surface area contributed by atoms with Gasteiger partial charge in [-0.05, 0) is 30.7 Å². The molecule has 0 aliphatic heterocycles. The van der Waals surface area contributed by atoms with Gasteiger partial charge in [0.05, 0.1) is 6.61 Å². The predicted molar refractivity (Wildman–Crippen MR) is 71.2 cm³/mol. The molecule has 0 radical (unpaired) electrons. The standard InChI is InChI=1S/C13H16N2OS/c1-2-7-16-11-5-3-10(4-6-11)13-15-9-12(8-14)17-13/h3-6,9H,2,7-8,14H2,1H3. The molecule has 17 heavy (non-hydrogen) atoms. The third kappa shape index (κ3) is 3.05. The summed E-state index contributed by atoms with van der Waals surface area (Å²) >= 11 is 1.63. The van der Waals surface area contributed by atoms with Crippen molar-refractivity contribution in [3.63, 3.8) is 0 Å². The fourth-order valence-electron chi connectivity index (χ4n) is 1.45. The Labute approximate surface area is 105 Å². The van der Waals surface area contributed by atoms with Crippen LogP contribution >= 0.6 is 11.3 Å². The Kier molecular flexibility index (Phi) is 4.12. The maximum absolute atomic E-state index is 5.57. The van der Waals surface area contributed by atoms with E-state index in [9.17, 15) is 0 Å². The van der Waals surface area contributed by atoms with Crippen molar-refractivity contribution < 1.29 is 4.74 Å². The van der Waals surface area contributed by atoms with Crippen LogP contribution in [0.25, 0.3) is 10.6 Å². The lowest BCUT2D eigenvalue weighted by atomic mass is 10.2. The molecule has 0 spiro atoms. The molecule has 0 saturated heterocycles. The van der Waals surface area contributed by atoms with Crippen LogP contribution in [-0.2, 0) is 6.54 Å². The SMILES string of the molecule is CCCOc1ccc(-c2ncc(CN)s2)cc1. The molecule has 1 aromatic carbocycles. The van der Waals surface area contributed by atoms with Gasteiger partial charge in [0.1, 0.15) is 10.8 Å². The van der Waals surface area contributed by atoms with Crippen molar-refractivity contribution in [1.29, 1.82) is 0 Å². The summed E-state index contributed by atoms with van der Waals surface area (Å²) in [4.78, 5) is 5.45. The van der Waals surface area contributed by atoms with Crippen molar-refractivity contribution in [3.8, 4) is 16.3 Å². The summed E-state index contributed by atoms with van der Waals surface area (Å²) < 4.78 is 5.54. The number of rotatable bonds is 5. The number of aromatic nitrogens is 1. The summed E-state index contributed by atoms with van der Waals surface area (Å²) in [6, 6.07) is 8.03. The number of hydrogen-bond acceptors (Lipinski definition) is 4. The Balaban J connectivity index is 2.11. The second-order valence-electron chi connectivity index (χ2n) is 3.71. The van der Waals surface area contributed by atoms with Crippen molar-refractivity contribution in [2.45, 2.75) is 19.9 Å². The second kappa shape index (κ2) is 5.80. The van der Waals surface area contributed by atoms with Crippen molar-refractivity contribution >= 4 is 11.3 Å². The molecule has 0 bridgehead atoms. The van der Waals surface area contributed by atoms with Crippen molar-refractivity contribution in [1.82, 2.24) is 4.98 Å². The van der Waals surface area contributed by atoms with Gasteiger partial charge in [-0.3, -0.25) is 0 Å². The molecular formula is C13H16N2OS.